The van der Waals surface area contributed by atoms with E-state index in [2.05, 4.69) is 24.4 Å². The molecule has 2 N–H and O–H groups in total. The predicted molar refractivity (Wildman–Crippen MR) is 82.2 cm³/mol. The lowest BCUT2D eigenvalue weighted by Crippen LogP contribution is -2.50. The van der Waals surface area contributed by atoms with Gasteiger partial charge in [0, 0.05) is 11.6 Å². The van der Waals surface area contributed by atoms with Gasteiger partial charge in [-0.3, -0.25) is 0 Å². The number of aliphatic hydroxyl groups excluding tert-OH is 1. The van der Waals surface area contributed by atoms with Crippen molar-refractivity contribution >= 4 is 0 Å². The molecule has 1 atom stereocenters. The minimum Gasteiger partial charge on any atom is -0.497 e. The van der Waals surface area contributed by atoms with Crippen molar-refractivity contribution in [1.29, 1.82) is 0 Å². The average Bonchev–Trinajstić information content (AvgIpc) is 2.95. The Morgan fingerprint density at radius 1 is 1.25 bits per heavy atom. The first kappa shape index (κ1) is 15.3. The SMILES string of the molecule is COc1ccc(CCC(C)NC2(CO)CCCC2)cc1. The maximum atomic E-state index is 9.63. The minimum atomic E-state index is -0.0146. The molecular weight excluding hydrogens is 250 g/mol. The molecule has 1 saturated carbocycles. The molecule has 112 valence electrons. The van der Waals surface area contributed by atoms with Gasteiger partial charge in [-0.25, -0.2) is 0 Å². The summed E-state index contributed by atoms with van der Waals surface area (Å²) in [5.74, 6) is 0.908. The summed E-state index contributed by atoms with van der Waals surface area (Å²) < 4.78 is 5.17. The molecule has 1 aromatic carbocycles. The summed E-state index contributed by atoms with van der Waals surface area (Å²) in [6.07, 6.45) is 6.83. The molecule has 0 heterocycles. The molecule has 0 amide bonds. The second-order valence-electron chi connectivity index (χ2n) is 6.08. The molecule has 1 aliphatic carbocycles. The van der Waals surface area contributed by atoms with Gasteiger partial charge in [-0.15, -0.1) is 0 Å². The van der Waals surface area contributed by atoms with Gasteiger partial charge < -0.3 is 15.2 Å². The first-order chi connectivity index (χ1) is 9.67. The Morgan fingerprint density at radius 2 is 1.90 bits per heavy atom. The summed E-state index contributed by atoms with van der Waals surface area (Å²) in [5.41, 5.74) is 1.32. The van der Waals surface area contributed by atoms with E-state index in [0.29, 0.717) is 6.04 Å². The van der Waals surface area contributed by atoms with Gasteiger partial charge in [0.25, 0.3) is 0 Å². The molecule has 0 spiro atoms. The molecule has 20 heavy (non-hydrogen) atoms. The minimum absolute atomic E-state index is 0.0146. The lowest BCUT2D eigenvalue weighted by atomic mass is 9.96. The molecule has 1 aliphatic rings. The van der Waals surface area contributed by atoms with Gasteiger partial charge in [0.05, 0.1) is 13.7 Å². The summed E-state index contributed by atoms with van der Waals surface area (Å²) in [6, 6.07) is 8.72. The fraction of sp³-hybridized carbons (Fsp3) is 0.647. The molecule has 3 heteroatoms. The van der Waals surface area contributed by atoms with Crippen LogP contribution in [0, 0.1) is 0 Å². The van der Waals surface area contributed by atoms with Crippen molar-refractivity contribution < 1.29 is 9.84 Å². The molecule has 1 fully saturated rings. The summed E-state index contributed by atoms with van der Waals surface area (Å²) >= 11 is 0. The van der Waals surface area contributed by atoms with Gasteiger partial charge in [-0.05, 0) is 50.3 Å². The molecule has 2 rings (SSSR count). The monoisotopic (exact) mass is 277 g/mol. The normalized spacial score (nSPS) is 18.9. The topological polar surface area (TPSA) is 41.5 Å². The Hall–Kier alpha value is -1.06. The first-order valence-corrected chi connectivity index (χ1v) is 7.69. The van der Waals surface area contributed by atoms with Crippen molar-refractivity contribution in [3.63, 3.8) is 0 Å². The zero-order valence-electron chi connectivity index (χ0n) is 12.7. The average molecular weight is 277 g/mol. The third kappa shape index (κ3) is 3.97. The highest BCUT2D eigenvalue weighted by atomic mass is 16.5. The number of aryl methyl sites for hydroxylation is 1. The summed E-state index contributed by atoms with van der Waals surface area (Å²) in [6.45, 7) is 2.49. The van der Waals surface area contributed by atoms with E-state index in [4.69, 9.17) is 4.74 Å². The van der Waals surface area contributed by atoms with E-state index in [1.165, 1.54) is 18.4 Å². The Bertz CT molecular complexity index is 396. The van der Waals surface area contributed by atoms with E-state index in [1.54, 1.807) is 7.11 Å². The third-order valence-electron chi connectivity index (χ3n) is 4.44. The quantitative estimate of drug-likeness (QED) is 0.805. The van der Waals surface area contributed by atoms with E-state index in [0.717, 1.165) is 31.4 Å². The van der Waals surface area contributed by atoms with Gasteiger partial charge in [0.2, 0.25) is 0 Å². The Balaban J connectivity index is 1.80. The molecule has 1 aromatic rings. The number of aliphatic hydroxyl groups is 1. The van der Waals surface area contributed by atoms with E-state index < -0.39 is 0 Å². The van der Waals surface area contributed by atoms with Crippen molar-refractivity contribution in [3.8, 4) is 5.75 Å². The Kier molecular flexibility index (Phi) is 5.44. The van der Waals surface area contributed by atoms with E-state index in [1.807, 2.05) is 12.1 Å². The van der Waals surface area contributed by atoms with Gasteiger partial charge in [-0.2, -0.15) is 0 Å². The summed E-state index contributed by atoms with van der Waals surface area (Å²) in [7, 11) is 1.69. The largest absolute Gasteiger partial charge is 0.497 e. The lowest BCUT2D eigenvalue weighted by molar-refractivity contribution is 0.151. The first-order valence-electron chi connectivity index (χ1n) is 7.69. The molecule has 1 unspecified atom stereocenters. The lowest BCUT2D eigenvalue weighted by Gasteiger charge is -2.32. The maximum absolute atomic E-state index is 9.63. The number of rotatable bonds is 7. The smallest absolute Gasteiger partial charge is 0.118 e. The van der Waals surface area contributed by atoms with Crippen LogP contribution in [0.1, 0.15) is 44.6 Å². The van der Waals surface area contributed by atoms with Crippen LogP contribution in [0.2, 0.25) is 0 Å². The summed E-state index contributed by atoms with van der Waals surface area (Å²) in [4.78, 5) is 0. The summed E-state index contributed by atoms with van der Waals surface area (Å²) in [5, 5.41) is 13.3. The standard InChI is InChI=1S/C17H27NO2/c1-14(18-17(13-19)11-3-4-12-17)5-6-15-7-9-16(20-2)10-8-15/h7-10,14,18-19H,3-6,11-13H2,1-2H3. The number of hydrogen-bond donors (Lipinski definition) is 2. The zero-order valence-corrected chi connectivity index (χ0v) is 12.7. The number of methoxy groups -OCH3 is 1. The van der Waals surface area contributed by atoms with Crippen LogP contribution in [-0.2, 0) is 6.42 Å². The van der Waals surface area contributed by atoms with Crippen LogP contribution >= 0.6 is 0 Å². The van der Waals surface area contributed by atoms with E-state index in [9.17, 15) is 5.11 Å². The second kappa shape index (κ2) is 7.09. The molecule has 0 radical (unpaired) electrons. The van der Waals surface area contributed by atoms with E-state index in [-0.39, 0.29) is 12.1 Å². The van der Waals surface area contributed by atoms with Crippen molar-refractivity contribution in [3.05, 3.63) is 29.8 Å². The Labute approximate surface area is 122 Å². The van der Waals surface area contributed by atoms with Crippen LogP contribution in [0.3, 0.4) is 0 Å². The van der Waals surface area contributed by atoms with Gasteiger partial charge in [0.15, 0.2) is 0 Å². The highest BCUT2D eigenvalue weighted by Gasteiger charge is 2.33. The fourth-order valence-electron chi connectivity index (χ4n) is 3.17. The molecule has 0 aliphatic heterocycles. The van der Waals surface area contributed by atoms with Crippen molar-refractivity contribution in [2.45, 2.75) is 57.0 Å². The molecule has 0 saturated heterocycles. The Morgan fingerprint density at radius 3 is 2.45 bits per heavy atom. The van der Waals surface area contributed by atoms with Crippen LogP contribution in [0.4, 0.5) is 0 Å². The van der Waals surface area contributed by atoms with Gasteiger partial charge in [0.1, 0.15) is 5.75 Å². The molecule has 0 aromatic heterocycles. The molecule has 3 nitrogen and oxygen atoms in total. The second-order valence-corrected chi connectivity index (χ2v) is 6.08. The van der Waals surface area contributed by atoms with Crippen LogP contribution in [0.5, 0.6) is 5.75 Å². The molecule has 0 bridgehead atoms. The predicted octanol–water partition coefficient (Wildman–Crippen LogP) is 2.91. The highest BCUT2D eigenvalue weighted by Crippen LogP contribution is 2.30. The maximum Gasteiger partial charge on any atom is 0.118 e. The number of benzene rings is 1. The number of ether oxygens (including phenoxy) is 1. The number of hydrogen-bond acceptors (Lipinski definition) is 3. The van der Waals surface area contributed by atoms with E-state index >= 15 is 0 Å². The van der Waals surface area contributed by atoms with Gasteiger partial charge >= 0.3 is 0 Å². The van der Waals surface area contributed by atoms with Gasteiger partial charge in [-0.1, -0.05) is 25.0 Å². The van der Waals surface area contributed by atoms with Crippen molar-refractivity contribution in [2.24, 2.45) is 0 Å². The molecular formula is C17H27NO2. The number of nitrogens with one attached hydrogen (secondary N) is 1. The third-order valence-corrected chi connectivity index (χ3v) is 4.44. The highest BCUT2D eigenvalue weighted by molar-refractivity contribution is 5.27. The zero-order chi connectivity index (χ0) is 14.4. The van der Waals surface area contributed by atoms with Crippen molar-refractivity contribution in [1.82, 2.24) is 5.32 Å². The van der Waals surface area contributed by atoms with Crippen LogP contribution in [0.15, 0.2) is 24.3 Å². The van der Waals surface area contributed by atoms with Crippen LogP contribution in [-0.4, -0.2) is 30.4 Å². The van der Waals surface area contributed by atoms with Crippen LogP contribution < -0.4 is 10.1 Å². The van der Waals surface area contributed by atoms with Crippen molar-refractivity contribution in [2.75, 3.05) is 13.7 Å². The fourth-order valence-corrected chi connectivity index (χ4v) is 3.17. The van der Waals surface area contributed by atoms with Crippen LogP contribution in [0.25, 0.3) is 0 Å².